The van der Waals surface area contributed by atoms with Crippen LogP contribution in [0.25, 0.3) is 0 Å². The molecule has 88 valence electrons. The zero-order valence-corrected chi connectivity index (χ0v) is 9.79. The average Bonchev–Trinajstić information content (AvgIpc) is 2.64. The Morgan fingerprint density at radius 1 is 1.62 bits per heavy atom. The van der Waals surface area contributed by atoms with Gasteiger partial charge in [0.2, 0.25) is 5.95 Å². The third-order valence-corrected chi connectivity index (χ3v) is 3.09. The normalized spacial score (nSPS) is 20.4. The van der Waals surface area contributed by atoms with Crippen LogP contribution in [0.2, 0.25) is 0 Å². The van der Waals surface area contributed by atoms with Crippen molar-refractivity contribution in [2.75, 3.05) is 18.0 Å². The molecular weight excluding hydrogens is 204 g/mol. The van der Waals surface area contributed by atoms with Crippen molar-refractivity contribution in [1.29, 1.82) is 0 Å². The molecule has 0 bridgehead atoms. The largest absolute Gasteiger partial charge is 0.341 e. The molecule has 0 spiro atoms. The van der Waals surface area contributed by atoms with E-state index in [1.165, 1.54) is 0 Å². The van der Waals surface area contributed by atoms with Crippen LogP contribution in [0.3, 0.4) is 0 Å². The number of H-pyrrole nitrogens is 1. The van der Waals surface area contributed by atoms with Gasteiger partial charge in [-0.15, -0.1) is 0 Å². The summed E-state index contributed by atoms with van der Waals surface area (Å²) in [6.45, 7) is 5.49. The number of hydrogen-bond acceptors (Lipinski definition) is 4. The lowest BCUT2D eigenvalue weighted by molar-refractivity contribution is 0.749. The lowest BCUT2D eigenvalue weighted by Gasteiger charge is -2.17. The van der Waals surface area contributed by atoms with Gasteiger partial charge in [-0.25, -0.2) is 4.98 Å². The molecule has 1 atom stereocenters. The highest BCUT2D eigenvalue weighted by molar-refractivity contribution is 5.34. The van der Waals surface area contributed by atoms with Crippen molar-refractivity contribution >= 4 is 5.95 Å². The summed E-state index contributed by atoms with van der Waals surface area (Å²) in [4.78, 5) is 21.1. The summed E-state index contributed by atoms with van der Waals surface area (Å²) in [6, 6.07) is 0.191. The molecule has 0 amide bonds. The second-order valence-corrected chi connectivity index (χ2v) is 4.30. The first-order chi connectivity index (χ1) is 7.61. The maximum Gasteiger partial charge on any atom is 0.255 e. The van der Waals surface area contributed by atoms with Crippen molar-refractivity contribution in [3.63, 3.8) is 0 Å². The Hall–Kier alpha value is -1.36. The van der Waals surface area contributed by atoms with Gasteiger partial charge in [0, 0.05) is 30.4 Å². The summed E-state index contributed by atoms with van der Waals surface area (Å²) in [5.41, 5.74) is 7.40. The van der Waals surface area contributed by atoms with E-state index in [1.54, 1.807) is 0 Å². The van der Waals surface area contributed by atoms with E-state index in [0.717, 1.165) is 30.8 Å². The van der Waals surface area contributed by atoms with Crippen molar-refractivity contribution in [3.05, 3.63) is 21.6 Å². The number of rotatable bonds is 2. The van der Waals surface area contributed by atoms with Crippen LogP contribution in [0.5, 0.6) is 0 Å². The van der Waals surface area contributed by atoms with Crippen LogP contribution >= 0.6 is 0 Å². The summed E-state index contributed by atoms with van der Waals surface area (Å²) in [7, 11) is 0. The van der Waals surface area contributed by atoms with Crippen LogP contribution in [-0.2, 0) is 6.42 Å². The summed E-state index contributed by atoms with van der Waals surface area (Å²) in [6.07, 6.45) is 1.67. The summed E-state index contributed by atoms with van der Waals surface area (Å²) in [5.74, 6) is 0.660. The van der Waals surface area contributed by atoms with Crippen LogP contribution < -0.4 is 16.2 Å². The van der Waals surface area contributed by atoms with Crippen LogP contribution in [0.15, 0.2) is 4.79 Å². The topological polar surface area (TPSA) is 75.0 Å². The Balaban J connectivity index is 2.33. The van der Waals surface area contributed by atoms with Crippen molar-refractivity contribution in [2.45, 2.75) is 32.7 Å². The minimum atomic E-state index is -0.0227. The van der Waals surface area contributed by atoms with Crippen LogP contribution in [0, 0.1) is 6.92 Å². The lowest BCUT2D eigenvalue weighted by Crippen LogP contribution is -2.30. The monoisotopic (exact) mass is 222 g/mol. The van der Waals surface area contributed by atoms with Crippen molar-refractivity contribution < 1.29 is 0 Å². The van der Waals surface area contributed by atoms with E-state index in [-0.39, 0.29) is 11.6 Å². The van der Waals surface area contributed by atoms with Gasteiger partial charge in [-0.05, 0) is 19.8 Å². The van der Waals surface area contributed by atoms with E-state index in [0.29, 0.717) is 12.4 Å². The molecule has 1 saturated heterocycles. The molecule has 1 aromatic heterocycles. The molecule has 0 aromatic carbocycles. The Labute approximate surface area is 94.7 Å². The lowest BCUT2D eigenvalue weighted by atomic mass is 10.2. The Morgan fingerprint density at radius 2 is 2.38 bits per heavy atom. The number of aromatic amines is 1. The zero-order valence-electron chi connectivity index (χ0n) is 9.79. The van der Waals surface area contributed by atoms with Gasteiger partial charge in [0.15, 0.2) is 0 Å². The molecule has 5 nitrogen and oxygen atoms in total. The molecule has 0 saturated carbocycles. The number of aromatic nitrogens is 2. The molecule has 2 rings (SSSR count). The van der Waals surface area contributed by atoms with E-state index in [1.807, 2.05) is 18.7 Å². The van der Waals surface area contributed by atoms with Gasteiger partial charge in [0.25, 0.3) is 5.56 Å². The molecule has 3 N–H and O–H groups in total. The maximum atomic E-state index is 11.8. The standard InChI is InChI=1S/C11H18N4O/c1-3-9-7(2)13-11(14-10(9)16)15-5-4-8(12)6-15/h8H,3-6,12H2,1-2H3,(H,13,14,16)/t8-/m1/s1. The molecule has 0 unspecified atom stereocenters. The quantitative estimate of drug-likeness (QED) is 0.748. The molecule has 1 aromatic rings. The second-order valence-electron chi connectivity index (χ2n) is 4.30. The second kappa shape index (κ2) is 4.25. The van der Waals surface area contributed by atoms with Crippen LogP contribution in [0.4, 0.5) is 5.95 Å². The predicted octanol–water partition coefficient (Wildman–Crippen LogP) is 0.178. The Bertz CT molecular complexity index is 440. The van der Waals surface area contributed by atoms with Crippen LogP contribution in [0.1, 0.15) is 24.6 Å². The van der Waals surface area contributed by atoms with Gasteiger partial charge >= 0.3 is 0 Å². The van der Waals surface area contributed by atoms with E-state index in [4.69, 9.17) is 5.73 Å². The fourth-order valence-corrected chi connectivity index (χ4v) is 2.14. The Morgan fingerprint density at radius 3 is 2.88 bits per heavy atom. The minimum Gasteiger partial charge on any atom is -0.341 e. The highest BCUT2D eigenvalue weighted by atomic mass is 16.1. The van der Waals surface area contributed by atoms with Crippen molar-refractivity contribution in [3.8, 4) is 0 Å². The van der Waals surface area contributed by atoms with Gasteiger partial charge in [-0.2, -0.15) is 0 Å². The molecule has 16 heavy (non-hydrogen) atoms. The number of nitrogens with two attached hydrogens (primary N) is 1. The molecular formula is C11H18N4O. The molecule has 1 fully saturated rings. The van der Waals surface area contributed by atoms with Gasteiger partial charge in [-0.3, -0.25) is 9.78 Å². The highest BCUT2D eigenvalue weighted by Gasteiger charge is 2.21. The third kappa shape index (κ3) is 1.95. The summed E-state index contributed by atoms with van der Waals surface area (Å²) < 4.78 is 0. The minimum absolute atomic E-state index is 0.0227. The number of aryl methyl sites for hydroxylation is 1. The SMILES string of the molecule is CCc1c(C)nc(N2CC[C@@H](N)C2)[nH]c1=O. The molecule has 1 aliphatic rings. The molecule has 0 aliphatic carbocycles. The first kappa shape index (κ1) is 11.1. The van der Waals surface area contributed by atoms with Crippen molar-refractivity contribution in [1.82, 2.24) is 9.97 Å². The molecule has 0 radical (unpaired) electrons. The van der Waals surface area contributed by atoms with E-state index >= 15 is 0 Å². The number of nitrogens with zero attached hydrogens (tertiary/aromatic N) is 2. The first-order valence-electron chi connectivity index (χ1n) is 5.72. The third-order valence-electron chi connectivity index (χ3n) is 3.09. The fraction of sp³-hybridized carbons (Fsp3) is 0.636. The fourth-order valence-electron chi connectivity index (χ4n) is 2.14. The predicted molar refractivity (Wildman–Crippen MR) is 63.8 cm³/mol. The molecule has 1 aliphatic heterocycles. The summed E-state index contributed by atoms with van der Waals surface area (Å²) >= 11 is 0. The van der Waals surface area contributed by atoms with E-state index in [2.05, 4.69) is 9.97 Å². The maximum absolute atomic E-state index is 11.8. The van der Waals surface area contributed by atoms with Gasteiger partial charge in [0.1, 0.15) is 0 Å². The highest BCUT2D eigenvalue weighted by Crippen LogP contribution is 2.14. The Kier molecular flexibility index (Phi) is 2.96. The smallest absolute Gasteiger partial charge is 0.255 e. The number of hydrogen-bond donors (Lipinski definition) is 2. The first-order valence-corrected chi connectivity index (χ1v) is 5.72. The number of anilines is 1. The van der Waals surface area contributed by atoms with Gasteiger partial charge in [-0.1, -0.05) is 6.92 Å². The average molecular weight is 222 g/mol. The molecule has 2 heterocycles. The summed E-state index contributed by atoms with van der Waals surface area (Å²) in [5, 5.41) is 0. The zero-order chi connectivity index (χ0) is 11.7. The van der Waals surface area contributed by atoms with E-state index in [9.17, 15) is 4.79 Å². The molecule has 5 heteroatoms. The van der Waals surface area contributed by atoms with Gasteiger partial charge < -0.3 is 10.6 Å². The van der Waals surface area contributed by atoms with Crippen LogP contribution in [-0.4, -0.2) is 29.1 Å². The number of nitrogens with one attached hydrogen (secondary N) is 1. The van der Waals surface area contributed by atoms with Crippen molar-refractivity contribution in [2.24, 2.45) is 5.73 Å². The van der Waals surface area contributed by atoms with Gasteiger partial charge in [0.05, 0.1) is 0 Å². The van der Waals surface area contributed by atoms with E-state index < -0.39 is 0 Å².